The molecule has 60 valence electrons. The van der Waals surface area contributed by atoms with Crippen molar-refractivity contribution in [3.05, 3.63) is 0 Å². The molecule has 1 rings (SSSR count). The Balaban J connectivity index is 2.13. The molecular formula is C7H16N2O. The molecule has 3 heteroatoms. The highest BCUT2D eigenvalue weighted by atomic mass is 16.3. The van der Waals surface area contributed by atoms with Gasteiger partial charge in [0, 0.05) is 13.6 Å². The zero-order valence-electron chi connectivity index (χ0n) is 6.45. The van der Waals surface area contributed by atoms with Crippen LogP contribution in [0.5, 0.6) is 0 Å². The molecule has 0 spiro atoms. The van der Waals surface area contributed by atoms with Crippen LogP contribution in [0, 0.1) is 5.92 Å². The first kappa shape index (κ1) is 7.98. The number of nitrogens with zero attached hydrogens (tertiary/aromatic N) is 1. The SMILES string of the molecule is CN(N)CC(O)C1CCC1. The number of nitrogens with two attached hydrogens (primary N) is 1. The largest absolute Gasteiger partial charge is 0.391 e. The van der Waals surface area contributed by atoms with Crippen LogP contribution in [0.4, 0.5) is 0 Å². The van der Waals surface area contributed by atoms with Crippen molar-refractivity contribution < 1.29 is 5.11 Å². The third-order valence-electron chi connectivity index (χ3n) is 2.17. The molecule has 0 aromatic carbocycles. The smallest absolute Gasteiger partial charge is 0.0709 e. The molecule has 3 N–H and O–H groups in total. The van der Waals surface area contributed by atoms with Crippen molar-refractivity contribution in [2.24, 2.45) is 11.8 Å². The van der Waals surface area contributed by atoms with Crippen molar-refractivity contribution in [3.63, 3.8) is 0 Å². The molecule has 0 bridgehead atoms. The van der Waals surface area contributed by atoms with Gasteiger partial charge in [0.25, 0.3) is 0 Å². The van der Waals surface area contributed by atoms with Crippen molar-refractivity contribution in [3.8, 4) is 0 Å². The van der Waals surface area contributed by atoms with Crippen molar-refractivity contribution in [2.45, 2.75) is 25.4 Å². The minimum Gasteiger partial charge on any atom is -0.391 e. The fourth-order valence-corrected chi connectivity index (χ4v) is 1.27. The van der Waals surface area contributed by atoms with Gasteiger partial charge < -0.3 is 5.11 Å². The number of aliphatic hydroxyl groups is 1. The van der Waals surface area contributed by atoms with Crippen LogP contribution >= 0.6 is 0 Å². The van der Waals surface area contributed by atoms with E-state index >= 15 is 0 Å². The summed E-state index contributed by atoms with van der Waals surface area (Å²) in [5, 5.41) is 11.0. The molecule has 1 unspecified atom stereocenters. The molecule has 1 atom stereocenters. The van der Waals surface area contributed by atoms with Crippen LogP contribution in [0.2, 0.25) is 0 Å². The Morgan fingerprint density at radius 1 is 1.70 bits per heavy atom. The maximum Gasteiger partial charge on any atom is 0.0709 e. The van der Waals surface area contributed by atoms with Gasteiger partial charge in [-0.05, 0) is 18.8 Å². The summed E-state index contributed by atoms with van der Waals surface area (Å²) in [5.41, 5.74) is 0. The minimum atomic E-state index is -0.205. The van der Waals surface area contributed by atoms with Crippen molar-refractivity contribution in [2.75, 3.05) is 13.6 Å². The lowest BCUT2D eigenvalue weighted by Gasteiger charge is -2.31. The summed E-state index contributed by atoms with van der Waals surface area (Å²) in [6.45, 7) is 0.602. The number of hydrogen-bond donors (Lipinski definition) is 2. The van der Waals surface area contributed by atoms with Crippen LogP contribution in [-0.2, 0) is 0 Å². The molecule has 0 amide bonds. The Bertz CT molecular complexity index is 102. The first-order chi connectivity index (χ1) is 4.70. The molecule has 0 radical (unpaired) electrons. The average Bonchev–Trinajstić information content (AvgIpc) is 1.55. The highest BCUT2D eigenvalue weighted by molar-refractivity contribution is 4.77. The van der Waals surface area contributed by atoms with Gasteiger partial charge in [0.1, 0.15) is 0 Å². The Hall–Kier alpha value is -0.120. The predicted octanol–water partition coefficient (Wildman–Crippen LogP) is -0.0471. The van der Waals surface area contributed by atoms with Crippen LogP contribution in [-0.4, -0.2) is 29.8 Å². The monoisotopic (exact) mass is 144 g/mol. The van der Waals surface area contributed by atoms with Gasteiger partial charge in [-0.15, -0.1) is 0 Å². The predicted molar refractivity (Wildman–Crippen MR) is 40.2 cm³/mol. The molecule has 1 saturated carbocycles. The van der Waals surface area contributed by atoms with E-state index in [0.29, 0.717) is 12.5 Å². The van der Waals surface area contributed by atoms with Gasteiger partial charge in [-0.2, -0.15) is 0 Å². The summed E-state index contributed by atoms with van der Waals surface area (Å²) < 4.78 is 0. The second-order valence-electron chi connectivity index (χ2n) is 3.20. The van der Waals surface area contributed by atoms with E-state index < -0.39 is 0 Å². The second kappa shape index (κ2) is 3.32. The molecular weight excluding hydrogens is 128 g/mol. The Labute approximate surface area is 61.8 Å². The molecule has 0 saturated heterocycles. The molecule has 1 fully saturated rings. The summed E-state index contributed by atoms with van der Waals surface area (Å²) in [7, 11) is 1.78. The number of hydrogen-bond acceptors (Lipinski definition) is 3. The number of hydrazine groups is 1. The van der Waals surface area contributed by atoms with Crippen LogP contribution in [0.3, 0.4) is 0 Å². The van der Waals surface area contributed by atoms with Gasteiger partial charge >= 0.3 is 0 Å². The average molecular weight is 144 g/mol. The molecule has 1 aliphatic rings. The highest BCUT2D eigenvalue weighted by Gasteiger charge is 2.25. The summed E-state index contributed by atoms with van der Waals surface area (Å²) in [5.74, 6) is 5.90. The van der Waals surface area contributed by atoms with E-state index in [1.807, 2.05) is 0 Å². The highest BCUT2D eigenvalue weighted by Crippen LogP contribution is 2.29. The third-order valence-corrected chi connectivity index (χ3v) is 2.17. The van der Waals surface area contributed by atoms with Gasteiger partial charge in [-0.25, -0.2) is 5.01 Å². The lowest BCUT2D eigenvalue weighted by atomic mass is 9.81. The van der Waals surface area contributed by atoms with E-state index in [9.17, 15) is 5.11 Å². The summed E-state index contributed by atoms with van der Waals surface area (Å²) in [6.07, 6.45) is 3.42. The van der Waals surface area contributed by atoms with Crippen LogP contribution in [0.15, 0.2) is 0 Å². The van der Waals surface area contributed by atoms with Gasteiger partial charge in [-0.1, -0.05) is 6.42 Å². The molecule has 3 nitrogen and oxygen atoms in total. The molecule has 1 aliphatic carbocycles. The van der Waals surface area contributed by atoms with Gasteiger partial charge in [0.15, 0.2) is 0 Å². The van der Waals surface area contributed by atoms with Crippen molar-refractivity contribution in [1.82, 2.24) is 5.01 Å². The first-order valence-corrected chi connectivity index (χ1v) is 3.84. The van der Waals surface area contributed by atoms with E-state index in [0.717, 1.165) is 0 Å². The normalized spacial score (nSPS) is 22.8. The van der Waals surface area contributed by atoms with E-state index in [4.69, 9.17) is 5.84 Å². The lowest BCUT2D eigenvalue weighted by molar-refractivity contribution is 0.0366. The summed E-state index contributed by atoms with van der Waals surface area (Å²) in [4.78, 5) is 0. The van der Waals surface area contributed by atoms with Gasteiger partial charge in [-0.3, -0.25) is 5.84 Å². The van der Waals surface area contributed by atoms with Crippen LogP contribution in [0.1, 0.15) is 19.3 Å². The minimum absolute atomic E-state index is 0.205. The van der Waals surface area contributed by atoms with Crippen molar-refractivity contribution >= 4 is 0 Å². The summed E-state index contributed by atoms with van der Waals surface area (Å²) in [6, 6.07) is 0. The standard InChI is InChI=1S/C7H16N2O/c1-9(8)5-7(10)6-3-2-4-6/h6-7,10H,2-5,8H2,1H3. The van der Waals surface area contributed by atoms with Crippen LogP contribution < -0.4 is 5.84 Å². The molecule has 10 heavy (non-hydrogen) atoms. The quantitative estimate of drug-likeness (QED) is 0.431. The van der Waals surface area contributed by atoms with Gasteiger partial charge in [0.2, 0.25) is 0 Å². The van der Waals surface area contributed by atoms with Gasteiger partial charge in [0.05, 0.1) is 6.10 Å². The summed E-state index contributed by atoms with van der Waals surface area (Å²) >= 11 is 0. The first-order valence-electron chi connectivity index (χ1n) is 3.84. The Morgan fingerprint density at radius 3 is 2.60 bits per heavy atom. The fourth-order valence-electron chi connectivity index (χ4n) is 1.27. The lowest BCUT2D eigenvalue weighted by Crippen LogP contribution is -2.40. The second-order valence-corrected chi connectivity index (χ2v) is 3.20. The number of aliphatic hydroxyl groups excluding tert-OH is 1. The van der Waals surface area contributed by atoms with E-state index in [1.54, 1.807) is 12.1 Å². The molecule has 0 heterocycles. The maximum atomic E-state index is 9.42. The maximum absolute atomic E-state index is 9.42. The topological polar surface area (TPSA) is 49.5 Å². The zero-order valence-corrected chi connectivity index (χ0v) is 6.45. The molecule has 0 aliphatic heterocycles. The van der Waals surface area contributed by atoms with E-state index in [1.165, 1.54) is 19.3 Å². The fraction of sp³-hybridized carbons (Fsp3) is 1.00. The van der Waals surface area contributed by atoms with E-state index in [-0.39, 0.29) is 6.10 Å². The Morgan fingerprint density at radius 2 is 2.30 bits per heavy atom. The van der Waals surface area contributed by atoms with Crippen LogP contribution in [0.25, 0.3) is 0 Å². The number of likely N-dealkylation sites (N-methyl/N-ethyl adjacent to an activating group) is 1. The zero-order chi connectivity index (χ0) is 7.56. The third kappa shape index (κ3) is 1.94. The van der Waals surface area contributed by atoms with E-state index in [2.05, 4.69) is 0 Å². The molecule has 0 aromatic rings. The Kier molecular flexibility index (Phi) is 2.65. The molecule has 0 aromatic heterocycles. The number of rotatable bonds is 3. The van der Waals surface area contributed by atoms with Crippen molar-refractivity contribution in [1.29, 1.82) is 0 Å².